The number of methoxy groups -OCH3 is 1. The standard InChI is InChI=1S/C24H18BrCl2NO2/c1-15-3-5-17(6-4-15)19(13-28)9-16-10-21(25)24(23(11-16)29-2)30-14-18-7-8-20(26)12-22(18)27/h3-12H,14H2,1-2H3/b19-9-. The molecule has 0 aliphatic heterocycles. The van der Waals surface area contributed by atoms with Gasteiger partial charge in [0.05, 0.1) is 23.2 Å². The highest BCUT2D eigenvalue weighted by atomic mass is 79.9. The van der Waals surface area contributed by atoms with E-state index < -0.39 is 0 Å². The zero-order valence-electron chi connectivity index (χ0n) is 16.4. The predicted molar refractivity (Wildman–Crippen MR) is 126 cm³/mol. The van der Waals surface area contributed by atoms with Crippen LogP contribution in [0.5, 0.6) is 11.5 Å². The lowest BCUT2D eigenvalue weighted by atomic mass is 10.0. The molecule has 0 amide bonds. The van der Waals surface area contributed by atoms with Crippen molar-refractivity contribution in [2.24, 2.45) is 0 Å². The Labute approximate surface area is 194 Å². The fourth-order valence-electron chi connectivity index (χ4n) is 2.83. The third-order valence-electron chi connectivity index (χ3n) is 4.43. The number of hydrogen-bond acceptors (Lipinski definition) is 3. The van der Waals surface area contributed by atoms with Gasteiger partial charge >= 0.3 is 0 Å². The molecule has 3 aromatic rings. The number of ether oxygens (including phenoxy) is 2. The minimum absolute atomic E-state index is 0.257. The Morgan fingerprint density at radius 1 is 1.10 bits per heavy atom. The molecule has 0 aliphatic carbocycles. The Morgan fingerprint density at radius 2 is 1.83 bits per heavy atom. The molecule has 0 radical (unpaired) electrons. The smallest absolute Gasteiger partial charge is 0.175 e. The largest absolute Gasteiger partial charge is 0.493 e. The zero-order valence-corrected chi connectivity index (χ0v) is 19.5. The van der Waals surface area contributed by atoms with Gasteiger partial charge in [-0.15, -0.1) is 0 Å². The molecule has 0 N–H and O–H groups in total. The molecule has 0 saturated heterocycles. The van der Waals surface area contributed by atoms with Gasteiger partial charge in [0.25, 0.3) is 0 Å². The summed E-state index contributed by atoms with van der Waals surface area (Å²) in [5.41, 5.74) is 4.18. The minimum Gasteiger partial charge on any atom is -0.493 e. The van der Waals surface area contributed by atoms with E-state index >= 15 is 0 Å². The first-order valence-electron chi connectivity index (χ1n) is 9.04. The summed E-state index contributed by atoms with van der Waals surface area (Å²) in [6.45, 7) is 2.27. The third kappa shape index (κ3) is 5.37. The number of aryl methyl sites for hydroxylation is 1. The quantitative estimate of drug-likeness (QED) is 0.256. The highest BCUT2D eigenvalue weighted by molar-refractivity contribution is 9.10. The molecule has 30 heavy (non-hydrogen) atoms. The van der Waals surface area contributed by atoms with Crippen LogP contribution in [0.4, 0.5) is 0 Å². The van der Waals surface area contributed by atoms with Crippen LogP contribution in [0.2, 0.25) is 10.0 Å². The maximum atomic E-state index is 9.61. The van der Waals surface area contributed by atoms with Crippen molar-refractivity contribution in [1.29, 1.82) is 5.26 Å². The maximum Gasteiger partial charge on any atom is 0.175 e. The van der Waals surface area contributed by atoms with Gasteiger partial charge in [0.2, 0.25) is 0 Å². The van der Waals surface area contributed by atoms with E-state index in [1.807, 2.05) is 55.5 Å². The minimum atomic E-state index is 0.257. The number of hydrogen-bond donors (Lipinski definition) is 0. The van der Waals surface area contributed by atoms with Crippen molar-refractivity contribution in [3.8, 4) is 17.6 Å². The fraction of sp³-hybridized carbons (Fsp3) is 0.125. The van der Waals surface area contributed by atoms with Gasteiger partial charge in [0.1, 0.15) is 6.61 Å². The lowest BCUT2D eigenvalue weighted by molar-refractivity contribution is 0.282. The first-order chi connectivity index (χ1) is 14.4. The van der Waals surface area contributed by atoms with Crippen molar-refractivity contribution in [1.82, 2.24) is 0 Å². The SMILES string of the molecule is COc1cc(/C=C(/C#N)c2ccc(C)cc2)cc(Br)c1OCc1ccc(Cl)cc1Cl. The second kappa shape index (κ2) is 10.0. The van der Waals surface area contributed by atoms with Crippen molar-refractivity contribution in [2.75, 3.05) is 7.11 Å². The predicted octanol–water partition coefficient (Wildman–Crippen LogP) is 7.72. The third-order valence-corrected chi connectivity index (χ3v) is 5.61. The molecular formula is C24H18BrCl2NO2. The van der Waals surface area contributed by atoms with E-state index in [-0.39, 0.29) is 6.61 Å². The van der Waals surface area contributed by atoms with Crippen molar-refractivity contribution in [2.45, 2.75) is 13.5 Å². The van der Waals surface area contributed by atoms with Gasteiger partial charge in [-0.3, -0.25) is 0 Å². The van der Waals surface area contributed by atoms with Crippen molar-refractivity contribution in [3.63, 3.8) is 0 Å². The maximum absolute atomic E-state index is 9.61. The van der Waals surface area contributed by atoms with Gasteiger partial charge in [0, 0.05) is 15.6 Å². The lowest BCUT2D eigenvalue weighted by Gasteiger charge is -2.14. The molecule has 152 valence electrons. The zero-order chi connectivity index (χ0) is 21.7. The molecule has 0 fully saturated rings. The molecule has 0 aliphatic rings. The number of nitriles is 1. The van der Waals surface area contributed by atoms with Gasteiger partial charge in [0.15, 0.2) is 11.5 Å². The molecule has 3 nitrogen and oxygen atoms in total. The van der Waals surface area contributed by atoms with Crippen LogP contribution in [0.3, 0.4) is 0 Å². The van der Waals surface area contributed by atoms with E-state index in [0.29, 0.717) is 31.6 Å². The number of rotatable bonds is 6. The summed E-state index contributed by atoms with van der Waals surface area (Å²) in [6, 6.07) is 19.1. The van der Waals surface area contributed by atoms with Crippen molar-refractivity contribution < 1.29 is 9.47 Å². The molecule has 0 saturated carbocycles. The molecule has 0 unspecified atom stereocenters. The van der Waals surface area contributed by atoms with E-state index in [1.54, 1.807) is 19.2 Å². The first kappa shape index (κ1) is 22.2. The number of allylic oxidation sites excluding steroid dienone is 1. The van der Waals surface area contributed by atoms with Crippen LogP contribution in [-0.2, 0) is 6.61 Å². The van der Waals surface area contributed by atoms with E-state index in [0.717, 1.165) is 22.3 Å². The summed E-state index contributed by atoms with van der Waals surface area (Å²) in [6.07, 6.45) is 1.82. The van der Waals surface area contributed by atoms with Gasteiger partial charge in [-0.25, -0.2) is 0 Å². The summed E-state index contributed by atoms with van der Waals surface area (Å²) in [5.74, 6) is 1.09. The highest BCUT2D eigenvalue weighted by Crippen LogP contribution is 2.38. The monoisotopic (exact) mass is 501 g/mol. The van der Waals surface area contributed by atoms with Crippen molar-refractivity contribution >= 4 is 50.8 Å². The average molecular weight is 503 g/mol. The molecule has 0 spiro atoms. The Balaban J connectivity index is 1.89. The molecule has 6 heteroatoms. The molecule has 0 atom stereocenters. The molecule has 0 heterocycles. The average Bonchev–Trinajstić information content (AvgIpc) is 2.72. The second-order valence-corrected chi connectivity index (χ2v) is 8.29. The van der Waals surface area contributed by atoms with Crippen LogP contribution in [0.1, 0.15) is 22.3 Å². The lowest BCUT2D eigenvalue weighted by Crippen LogP contribution is -2.00. The van der Waals surface area contributed by atoms with Crippen LogP contribution < -0.4 is 9.47 Å². The van der Waals surface area contributed by atoms with Gasteiger partial charge in [-0.2, -0.15) is 5.26 Å². The topological polar surface area (TPSA) is 42.2 Å². The van der Waals surface area contributed by atoms with Crippen LogP contribution in [0, 0.1) is 18.3 Å². The van der Waals surface area contributed by atoms with Gasteiger partial charge in [-0.05, 0) is 64.3 Å². The molecular weight excluding hydrogens is 485 g/mol. The molecule has 0 aromatic heterocycles. The highest BCUT2D eigenvalue weighted by Gasteiger charge is 2.13. The summed E-state index contributed by atoms with van der Waals surface area (Å²) in [4.78, 5) is 0. The summed E-state index contributed by atoms with van der Waals surface area (Å²) < 4.78 is 12.2. The number of halogens is 3. The number of benzene rings is 3. The summed E-state index contributed by atoms with van der Waals surface area (Å²) in [7, 11) is 1.57. The van der Waals surface area contributed by atoms with Crippen LogP contribution in [-0.4, -0.2) is 7.11 Å². The summed E-state index contributed by atoms with van der Waals surface area (Å²) in [5, 5.41) is 10.7. The normalized spacial score (nSPS) is 11.1. The van der Waals surface area contributed by atoms with E-state index in [1.165, 1.54) is 0 Å². The van der Waals surface area contributed by atoms with Crippen molar-refractivity contribution in [3.05, 3.63) is 91.4 Å². The van der Waals surface area contributed by atoms with Gasteiger partial charge in [-0.1, -0.05) is 59.1 Å². The van der Waals surface area contributed by atoms with Crippen LogP contribution >= 0.6 is 39.1 Å². The Hall–Kier alpha value is -2.45. The first-order valence-corrected chi connectivity index (χ1v) is 10.6. The Kier molecular flexibility index (Phi) is 7.44. The molecule has 3 aromatic carbocycles. The van der Waals surface area contributed by atoms with Crippen LogP contribution in [0.15, 0.2) is 59.1 Å². The molecule has 3 rings (SSSR count). The van der Waals surface area contributed by atoms with Crippen LogP contribution in [0.25, 0.3) is 11.6 Å². The molecule has 0 bridgehead atoms. The van der Waals surface area contributed by atoms with E-state index in [2.05, 4.69) is 22.0 Å². The fourth-order valence-corrected chi connectivity index (χ4v) is 3.87. The van der Waals surface area contributed by atoms with E-state index in [4.69, 9.17) is 32.7 Å². The van der Waals surface area contributed by atoms with E-state index in [9.17, 15) is 5.26 Å². The summed E-state index contributed by atoms with van der Waals surface area (Å²) >= 11 is 15.7. The van der Waals surface area contributed by atoms with Gasteiger partial charge < -0.3 is 9.47 Å². The second-order valence-electron chi connectivity index (χ2n) is 6.59. The number of nitrogens with zero attached hydrogens (tertiary/aromatic N) is 1. The Bertz CT molecular complexity index is 1140. The Morgan fingerprint density at radius 3 is 2.47 bits per heavy atom.